The van der Waals surface area contributed by atoms with Gasteiger partial charge in [0.1, 0.15) is 0 Å². The number of carbonyl (C=O) groups is 1. The monoisotopic (exact) mass is 275 g/mol. The maximum absolute atomic E-state index is 11.9. The van der Waals surface area contributed by atoms with Gasteiger partial charge in [-0.3, -0.25) is 4.79 Å². The van der Waals surface area contributed by atoms with E-state index in [2.05, 4.69) is 21.7 Å². The van der Waals surface area contributed by atoms with Gasteiger partial charge in [-0.25, -0.2) is 4.98 Å². The van der Waals surface area contributed by atoms with E-state index in [1.54, 1.807) is 0 Å². The molecule has 0 saturated carbocycles. The highest BCUT2D eigenvalue weighted by atomic mass is 32.1. The fourth-order valence-electron chi connectivity index (χ4n) is 1.92. The van der Waals surface area contributed by atoms with Crippen molar-refractivity contribution in [3.63, 3.8) is 0 Å². The molecule has 1 aromatic heterocycles. The van der Waals surface area contributed by atoms with Crippen molar-refractivity contribution in [2.45, 2.75) is 20.3 Å². The summed E-state index contributed by atoms with van der Waals surface area (Å²) in [6, 6.07) is 6.01. The zero-order valence-corrected chi connectivity index (χ0v) is 12.1. The summed E-state index contributed by atoms with van der Waals surface area (Å²) in [6.07, 6.45) is 0.297. The second-order valence-electron chi connectivity index (χ2n) is 4.50. The summed E-state index contributed by atoms with van der Waals surface area (Å²) in [5.74, 6) is -0.0436. The highest BCUT2D eigenvalue weighted by molar-refractivity contribution is 7.13. The third-order valence-corrected chi connectivity index (χ3v) is 3.52. The van der Waals surface area contributed by atoms with Gasteiger partial charge in [-0.2, -0.15) is 0 Å². The van der Waals surface area contributed by atoms with Crippen LogP contribution in [0.5, 0.6) is 0 Å². The number of rotatable bonds is 4. The Morgan fingerprint density at radius 3 is 2.53 bits per heavy atom. The number of aromatic nitrogens is 1. The van der Waals surface area contributed by atoms with Gasteiger partial charge in [-0.05, 0) is 37.1 Å². The summed E-state index contributed by atoms with van der Waals surface area (Å²) in [7, 11) is 1.82. The van der Waals surface area contributed by atoms with Gasteiger partial charge in [-0.15, -0.1) is 11.3 Å². The van der Waals surface area contributed by atoms with Crippen LogP contribution in [0.1, 0.15) is 16.8 Å². The van der Waals surface area contributed by atoms with Crippen LogP contribution in [0.25, 0.3) is 0 Å². The maximum Gasteiger partial charge on any atom is 0.230 e. The van der Waals surface area contributed by atoms with Crippen LogP contribution in [0.15, 0.2) is 23.6 Å². The molecule has 0 aliphatic carbocycles. The van der Waals surface area contributed by atoms with Crippen LogP contribution >= 0.6 is 11.3 Å². The van der Waals surface area contributed by atoms with Crippen molar-refractivity contribution >= 4 is 28.1 Å². The standard InChI is InChI=1S/C14H17N3OS/c1-9-4-10(2)6-11(5-9)16-13(18)7-12-8-19-14(15-3)17-12/h4-6,8H,7H2,1-3H3,(H,15,17)(H,16,18). The van der Waals surface area contributed by atoms with Crippen molar-refractivity contribution in [1.29, 1.82) is 0 Å². The second kappa shape index (κ2) is 5.84. The zero-order chi connectivity index (χ0) is 13.8. The number of carbonyl (C=O) groups excluding carboxylic acids is 1. The quantitative estimate of drug-likeness (QED) is 0.902. The Bertz CT molecular complexity index is 572. The van der Waals surface area contributed by atoms with Gasteiger partial charge < -0.3 is 10.6 Å². The van der Waals surface area contributed by atoms with Crippen molar-refractivity contribution in [1.82, 2.24) is 4.98 Å². The van der Waals surface area contributed by atoms with E-state index in [1.165, 1.54) is 11.3 Å². The number of nitrogens with one attached hydrogen (secondary N) is 2. The minimum atomic E-state index is -0.0436. The molecule has 0 bridgehead atoms. The van der Waals surface area contributed by atoms with E-state index in [4.69, 9.17) is 0 Å². The average molecular weight is 275 g/mol. The largest absolute Gasteiger partial charge is 0.365 e. The van der Waals surface area contributed by atoms with E-state index in [0.717, 1.165) is 27.6 Å². The van der Waals surface area contributed by atoms with Crippen molar-refractivity contribution in [2.75, 3.05) is 17.7 Å². The van der Waals surface area contributed by atoms with Crippen molar-refractivity contribution in [3.05, 3.63) is 40.4 Å². The molecule has 100 valence electrons. The fourth-order valence-corrected chi connectivity index (χ4v) is 2.59. The molecule has 2 aromatic rings. The number of anilines is 2. The molecule has 0 fully saturated rings. The Labute approximate surface area is 116 Å². The minimum absolute atomic E-state index is 0.0436. The highest BCUT2D eigenvalue weighted by Crippen LogP contribution is 2.16. The van der Waals surface area contributed by atoms with E-state index < -0.39 is 0 Å². The highest BCUT2D eigenvalue weighted by Gasteiger charge is 2.08. The number of benzene rings is 1. The summed E-state index contributed by atoms with van der Waals surface area (Å²) < 4.78 is 0. The second-order valence-corrected chi connectivity index (χ2v) is 5.35. The van der Waals surface area contributed by atoms with Crippen LogP contribution in [0.4, 0.5) is 10.8 Å². The lowest BCUT2D eigenvalue weighted by Crippen LogP contribution is -2.14. The lowest BCUT2D eigenvalue weighted by molar-refractivity contribution is -0.115. The lowest BCUT2D eigenvalue weighted by Gasteiger charge is -2.06. The molecule has 0 radical (unpaired) electrons. The van der Waals surface area contributed by atoms with Crippen LogP contribution in [-0.4, -0.2) is 17.9 Å². The molecule has 1 aromatic carbocycles. The predicted molar refractivity (Wildman–Crippen MR) is 79.9 cm³/mol. The van der Waals surface area contributed by atoms with Crippen LogP contribution in [-0.2, 0) is 11.2 Å². The normalized spacial score (nSPS) is 10.3. The Hall–Kier alpha value is -1.88. The SMILES string of the molecule is CNc1nc(CC(=O)Nc2cc(C)cc(C)c2)cs1. The van der Waals surface area contributed by atoms with Gasteiger partial charge in [0.2, 0.25) is 5.91 Å². The first kappa shape index (κ1) is 13.5. The van der Waals surface area contributed by atoms with Crippen LogP contribution in [0.2, 0.25) is 0 Å². The van der Waals surface area contributed by atoms with E-state index in [1.807, 2.05) is 38.4 Å². The van der Waals surface area contributed by atoms with Crippen molar-refractivity contribution < 1.29 is 4.79 Å². The fraction of sp³-hybridized carbons (Fsp3) is 0.286. The third kappa shape index (κ3) is 3.79. The molecule has 2 rings (SSSR count). The van der Waals surface area contributed by atoms with Gasteiger partial charge in [0, 0.05) is 18.1 Å². The van der Waals surface area contributed by atoms with Crippen LogP contribution in [0.3, 0.4) is 0 Å². The topological polar surface area (TPSA) is 54.0 Å². The van der Waals surface area contributed by atoms with Crippen molar-refractivity contribution in [2.24, 2.45) is 0 Å². The first-order valence-corrected chi connectivity index (χ1v) is 6.95. The summed E-state index contributed by atoms with van der Waals surface area (Å²) in [4.78, 5) is 16.2. The molecule has 0 aliphatic rings. The molecule has 0 unspecified atom stereocenters. The van der Waals surface area contributed by atoms with Crippen LogP contribution < -0.4 is 10.6 Å². The summed E-state index contributed by atoms with van der Waals surface area (Å²) >= 11 is 1.50. The molecule has 2 N–H and O–H groups in total. The maximum atomic E-state index is 11.9. The Kier molecular flexibility index (Phi) is 4.16. The Balaban J connectivity index is 2.00. The Morgan fingerprint density at radius 1 is 1.26 bits per heavy atom. The van der Waals surface area contributed by atoms with E-state index >= 15 is 0 Å². The number of hydrogen-bond acceptors (Lipinski definition) is 4. The molecule has 19 heavy (non-hydrogen) atoms. The molecule has 1 heterocycles. The zero-order valence-electron chi connectivity index (χ0n) is 11.3. The van der Waals surface area contributed by atoms with E-state index in [-0.39, 0.29) is 5.91 Å². The third-order valence-electron chi connectivity index (χ3n) is 2.61. The number of aryl methyl sites for hydroxylation is 2. The molecule has 5 heteroatoms. The predicted octanol–water partition coefficient (Wildman–Crippen LogP) is 2.98. The smallest absolute Gasteiger partial charge is 0.230 e. The molecule has 0 spiro atoms. The minimum Gasteiger partial charge on any atom is -0.365 e. The summed E-state index contributed by atoms with van der Waals surface area (Å²) in [6.45, 7) is 4.03. The molecule has 0 saturated heterocycles. The van der Waals surface area contributed by atoms with Gasteiger partial charge in [0.05, 0.1) is 12.1 Å². The first-order valence-electron chi connectivity index (χ1n) is 6.07. The van der Waals surface area contributed by atoms with Gasteiger partial charge in [0.25, 0.3) is 0 Å². The molecule has 0 aliphatic heterocycles. The molecule has 1 amide bonds. The van der Waals surface area contributed by atoms with Crippen LogP contribution in [0, 0.1) is 13.8 Å². The van der Waals surface area contributed by atoms with Gasteiger partial charge in [0.15, 0.2) is 5.13 Å². The van der Waals surface area contributed by atoms with E-state index in [0.29, 0.717) is 6.42 Å². The lowest BCUT2D eigenvalue weighted by atomic mass is 10.1. The van der Waals surface area contributed by atoms with Gasteiger partial charge >= 0.3 is 0 Å². The molecule has 0 atom stereocenters. The number of hydrogen-bond donors (Lipinski definition) is 2. The number of thiazole rings is 1. The van der Waals surface area contributed by atoms with Crippen molar-refractivity contribution in [3.8, 4) is 0 Å². The number of nitrogens with zero attached hydrogens (tertiary/aromatic N) is 1. The van der Waals surface area contributed by atoms with E-state index in [9.17, 15) is 4.79 Å². The number of amides is 1. The molecule has 4 nitrogen and oxygen atoms in total. The molecular weight excluding hydrogens is 258 g/mol. The summed E-state index contributed by atoms with van der Waals surface area (Å²) in [5.41, 5.74) is 3.91. The van der Waals surface area contributed by atoms with Gasteiger partial charge in [-0.1, -0.05) is 6.07 Å². The Morgan fingerprint density at radius 2 is 1.95 bits per heavy atom. The molecular formula is C14H17N3OS. The summed E-state index contributed by atoms with van der Waals surface area (Å²) in [5, 5.41) is 8.59. The first-order chi connectivity index (χ1) is 9.06. The average Bonchev–Trinajstić information content (AvgIpc) is 2.74.